The molecule has 1 N–H and O–H groups in total. The van der Waals surface area contributed by atoms with Crippen molar-refractivity contribution in [2.45, 2.75) is 24.1 Å². The van der Waals surface area contributed by atoms with Gasteiger partial charge in [0, 0.05) is 36.6 Å². The van der Waals surface area contributed by atoms with Gasteiger partial charge in [0.05, 0.1) is 5.75 Å². The summed E-state index contributed by atoms with van der Waals surface area (Å²) >= 11 is 1.58. The molecule has 0 unspecified atom stereocenters. The molecule has 1 amide bonds. The largest absolute Gasteiger partial charge is 0.334 e. The summed E-state index contributed by atoms with van der Waals surface area (Å²) in [5.74, 6) is 0.746. The van der Waals surface area contributed by atoms with Crippen molar-refractivity contribution < 1.29 is 4.79 Å². The molecule has 3 aromatic rings. The van der Waals surface area contributed by atoms with E-state index in [1.165, 1.54) is 6.20 Å². The number of H-pyrrole nitrogens is 1. The van der Waals surface area contributed by atoms with Gasteiger partial charge in [0.1, 0.15) is 11.4 Å². The van der Waals surface area contributed by atoms with Gasteiger partial charge in [0.15, 0.2) is 0 Å². The molecular formula is C20H20N4O2S. The van der Waals surface area contributed by atoms with Crippen LogP contribution in [0.2, 0.25) is 0 Å². The maximum Gasteiger partial charge on any atom is 0.263 e. The third kappa shape index (κ3) is 5.04. The van der Waals surface area contributed by atoms with Gasteiger partial charge < -0.3 is 9.88 Å². The number of nitrogens with one attached hydrogen (secondary N) is 1. The molecule has 0 atom stereocenters. The molecule has 6 nitrogen and oxygen atoms in total. The highest BCUT2D eigenvalue weighted by Gasteiger charge is 2.18. The molecule has 27 heavy (non-hydrogen) atoms. The second-order valence-electron chi connectivity index (χ2n) is 5.85. The number of aromatic nitrogens is 3. The Hall–Kier alpha value is -2.93. The van der Waals surface area contributed by atoms with Crippen molar-refractivity contribution in [2.24, 2.45) is 0 Å². The van der Waals surface area contributed by atoms with Crippen molar-refractivity contribution in [3.05, 3.63) is 88.4 Å². The predicted molar refractivity (Wildman–Crippen MR) is 106 cm³/mol. The van der Waals surface area contributed by atoms with Crippen LogP contribution in [-0.4, -0.2) is 32.3 Å². The van der Waals surface area contributed by atoms with Gasteiger partial charge in [-0.25, -0.2) is 4.98 Å². The lowest BCUT2D eigenvalue weighted by Gasteiger charge is -2.20. The van der Waals surface area contributed by atoms with E-state index in [4.69, 9.17) is 0 Å². The first-order valence-corrected chi connectivity index (χ1v) is 9.60. The summed E-state index contributed by atoms with van der Waals surface area (Å²) in [6.07, 6.45) is 4.74. The fourth-order valence-corrected chi connectivity index (χ4v) is 3.33. The summed E-state index contributed by atoms with van der Waals surface area (Å²) in [6, 6.07) is 13.6. The van der Waals surface area contributed by atoms with E-state index in [0.29, 0.717) is 24.7 Å². The number of carbonyl (C=O) groups excluding carboxylic acids is 1. The first-order valence-electron chi connectivity index (χ1n) is 8.61. The summed E-state index contributed by atoms with van der Waals surface area (Å²) in [4.78, 5) is 38.8. The standard InChI is InChI=1S/C20H20N4O2S/c1-2-24(13-15-8-10-21-11-9-15)20(26)17-12-22-18(23-19(17)25)14-27-16-6-4-3-5-7-16/h3-12H,2,13-14H2,1H3,(H,22,23,25). The van der Waals surface area contributed by atoms with Crippen LogP contribution in [-0.2, 0) is 12.3 Å². The van der Waals surface area contributed by atoms with Crippen molar-refractivity contribution in [3.63, 3.8) is 0 Å². The zero-order chi connectivity index (χ0) is 19.1. The predicted octanol–water partition coefficient (Wildman–Crippen LogP) is 3.12. The molecule has 7 heteroatoms. The first-order chi connectivity index (χ1) is 13.2. The second-order valence-corrected chi connectivity index (χ2v) is 6.90. The molecular weight excluding hydrogens is 360 g/mol. The van der Waals surface area contributed by atoms with Crippen LogP contribution in [0.1, 0.15) is 28.7 Å². The van der Waals surface area contributed by atoms with Gasteiger partial charge in [-0.2, -0.15) is 0 Å². The smallest absolute Gasteiger partial charge is 0.263 e. The van der Waals surface area contributed by atoms with Crippen molar-refractivity contribution in [1.29, 1.82) is 0 Å². The van der Waals surface area contributed by atoms with E-state index in [-0.39, 0.29) is 11.5 Å². The molecule has 0 aliphatic rings. The minimum atomic E-state index is -0.410. The lowest BCUT2D eigenvalue weighted by atomic mass is 10.2. The maximum absolute atomic E-state index is 12.7. The molecule has 0 radical (unpaired) electrons. The van der Waals surface area contributed by atoms with Crippen molar-refractivity contribution in [3.8, 4) is 0 Å². The summed E-state index contributed by atoms with van der Waals surface area (Å²) in [5.41, 5.74) is 0.603. The Morgan fingerprint density at radius 2 is 1.89 bits per heavy atom. The molecule has 2 heterocycles. The van der Waals surface area contributed by atoms with Gasteiger partial charge in [-0.1, -0.05) is 18.2 Å². The molecule has 3 rings (SSSR count). The van der Waals surface area contributed by atoms with Crippen molar-refractivity contribution in [1.82, 2.24) is 19.9 Å². The minimum absolute atomic E-state index is 0.0550. The number of benzene rings is 1. The van der Waals surface area contributed by atoms with Gasteiger partial charge in [-0.3, -0.25) is 14.6 Å². The van der Waals surface area contributed by atoms with Crippen LogP contribution in [0.5, 0.6) is 0 Å². The number of carbonyl (C=O) groups is 1. The number of hydrogen-bond donors (Lipinski definition) is 1. The topological polar surface area (TPSA) is 79.0 Å². The van der Waals surface area contributed by atoms with E-state index in [1.807, 2.05) is 49.4 Å². The van der Waals surface area contributed by atoms with Gasteiger partial charge >= 0.3 is 0 Å². The van der Waals surface area contributed by atoms with E-state index >= 15 is 0 Å². The molecule has 1 aromatic carbocycles. The van der Waals surface area contributed by atoms with Gasteiger partial charge in [0.25, 0.3) is 11.5 Å². The number of amides is 1. The third-order valence-corrected chi connectivity index (χ3v) is 5.02. The van der Waals surface area contributed by atoms with E-state index in [2.05, 4.69) is 15.0 Å². The van der Waals surface area contributed by atoms with Crippen LogP contribution < -0.4 is 5.56 Å². The lowest BCUT2D eigenvalue weighted by molar-refractivity contribution is 0.0750. The molecule has 138 valence electrons. The van der Waals surface area contributed by atoms with Crippen LogP contribution in [0.25, 0.3) is 0 Å². The SMILES string of the molecule is CCN(Cc1ccncc1)C(=O)c1cnc(CSc2ccccc2)[nH]c1=O. The Bertz CT molecular complexity index is 945. The zero-order valence-corrected chi connectivity index (χ0v) is 15.8. The molecule has 0 aliphatic carbocycles. The first kappa shape index (κ1) is 18.8. The Morgan fingerprint density at radius 1 is 1.15 bits per heavy atom. The highest BCUT2D eigenvalue weighted by molar-refractivity contribution is 7.98. The average Bonchev–Trinajstić information content (AvgIpc) is 2.71. The maximum atomic E-state index is 12.7. The normalized spacial score (nSPS) is 10.6. The molecule has 0 fully saturated rings. The number of pyridine rings is 1. The lowest BCUT2D eigenvalue weighted by Crippen LogP contribution is -2.34. The quantitative estimate of drug-likeness (QED) is 0.637. The van der Waals surface area contributed by atoms with Gasteiger partial charge in [-0.05, 0) is 36.8 Å². The van der Waals surface area contributed by atoms with E-state index < -0.39 is 5.56 Å². The van der Waals surface area contributed by atoms with Crippen LogP contribution in [0.3, 0.4) is 0 Å². The van der Waals surface area contributed by atoms with Crippen molar-refractivity contribution >= 4 is 17.7 Å². The molecule has 0 saturated heterocycles. The van der Waals surface area contributed by atoms with Crippen molar-refractivity contribution in [2.75, 3.05) is 6.54 Å². The van der Waals surface area contributed by atoms with Crippen LogP contribution >= 0.6 is 11.8 Å². The number of rotatable bonds is 7. The fraction of sp³-hybridized carbons (Fsp3) is 0.200. The number of aromatic amines is 1. The second kappa shape index (κ2) is 9.14. The Kier molecular flexibility index (Phi) is 6.38. The van der Waals surface area contributed by atoms with E-state index in [0.717, 1.165) is 10.5 Å². The molecule has 0 spiro atoms. The monoisotopic (exact) mass is 380 g/mol. The summed E-state index contributed by atoms with van der Waals surface area (Å²) in [5, 5.41) is 0. The average molecular weight is 380 g/mol. The molecule has 2 aromatic heterocycles. The highest BCUT2D eigenvalue weighted by Crippen LogP contribution is 2.20. The highest BCUT2D eigenvalue weighted by atomic mass is 32.2. The number of hydrogen-bond acceptors (Lipinski definition) is 5. The Balaban J connectivity index is 1.70. The van der Waals surface area contributed by atoms with Crippen LogP contribution in [0, 0.1) is 0 Å². The van der Waals surface area contributed by atoms with Crippen LogP contribution in [0.15, 0.2) is 70.7 Å². The van der Waals surface area contributed by atoms with Gasteiger partial charge in [0.2, 0.25) is 0 Å². The Morgan fingerprint density at radius 3 is 2.56 bits per heavy atom. The Labute approximate surface area is 161 Å². The number of nitrogens with zero attached hydrogens (tertiary/aromatic N) is 3. The van der Waals surface area contributed by atoms with E-state index in [1.54, 1.807) is 29.1 Å². The van der Waals surface area contributed by atoms with Gasteiger partial charge in [-0.15, -0.1) is 11.8 Å². The molecule has 0 saturated carbocycles. The van der Waals surface area contributed by atoms with Crippen LogP contribution in [0.4, 0.5) is 0 Å². The summed E-state index contributed by atoms with van der Waals surface area (Å²) in [7, 11) is 0. The molecule has 0 aliphatic heterocycles. The zero-order valence-electron chi connectivity index (χ0n) is 15.0. The molecule has 0 bridgehead atoms. The van der Waals surface area contributed by atoms with E-state index in [9.17, 15) is 9.59 Å². The fourth-order valence-electron chi connectivity index (χ4n) is 2.53. The third-order valence-electron chi connectivity index (χ3n) is 3.99. The minimum Gasteiger partial charge on any atom is -0.334 e. The summed E-state index contributed by atoms with van der Waals surface area (Å²) in [6.45, 7) is 2.79. The number of thioether (sulfide) groups is 1. The summed E-state index contributed by atoms with van der Waals surface area (Å²) < 4.78 is 0.